The van der Waals surface area contributed by atoms with E-state index in [1.807, 2.05) is 0 Å². The first-order valence-corrected chi connectivity index (χ1v) is 7.49. The Balaban J connectivity index is 2.32. The molecule has 0 atom stereocenters. The summed E-state index contributed by atoms with van der Waals surface area (Å²) in [5, 5.41) is 0. The van der Waals surface area contributed by atoms with E-state index in [0.29, 0.717) is 16.8 Å². The van der Waals surface area contributed by atoms with Crippen molar-refractivity contribution in [1.29, 1.82) is 0 Å². The summed E-state index contributed by atoms with van der Waals surface area (Å²) >= 11 is 0. The molecule has 100 valence electrons. The number of benzene rings is 1. The summed E-state index contributed by atoms with van der Waals surface area (Å²) in [6.07, 6.45) is 2.52. The summed E-state index contributed by atoms with van der Waals surface area (Å²) in [4.78, 5) is 4.02. The lowest BCUT2D eigenvalue weighted by atomic mass is 10.1. The van der Waals surface area contributed by atoms with E-state index in [2.05, 4.69) is 4.98 Å². The zero-order valence-electron chi connectivity index (χ0n) is 10.1. The fraction of sp³-hybridized carbons (Fsp3) is 0.154. The molecule has 2 aromatic rings. The van der Waals surface area contributed by atoms with Crippen molar-refractivity contribution >= 4 is 9.84 Å². The van der Waals surface area contributed by atoms with Crippen molar-refractivity contribution in [2.75, 3.05) is 6.26 Å². The highest BCUT2D eigenvalue weighted by atomic mass is 32.2. The van der Waals surface area contributed by atoms with Crippen LogP contribution in [0.15, 0.2) is 36.5 Å². The zero-order chi connectivity index (χ0) is 14.0. The lowest BCUT2D eigenvalue weighted by Gasteiger charge is -2.03. The van der Waals surface area contributed by atoms with Gasteiger partial charge >= 0.3 is 0 Å². The van der Waals surface area contributed by atoms with Crippen LogP contribution >= 0.6 is 0 Å². The van der Waals surface area contributed by atoms with Gasteiger partial charge in [-0.05, 0) is 23.8 Å². The number of sulfone groups is 1. The van der Waals surface area contributed by atoms with Gasteiger partial charge in [0.25, 0.3) is 0 Å². The van der Waals surface area contributed by atoms with E-state index in [1.165, 1.54) is 24.4 Å². The third-order valence-electron chi connectivity index (χ3n) is 2.41. The van der Waals surface area contributed by atoms with Crippen molar-refractivity contribution < 1.29 is 17.2 Å². The number of halogens is 2. The summed E-state index contributed by atoms with van der Waals surface area (Å²) in [7, 11) is -3.13. The van der Waals surface area contributed by atoms with Crippen LogP contribution < -0.4 is 0 Å². The summed E-state index contributed by atoms with van der Waals surface area (Å²) in [6.45, 7) is 0. The van der Waals surface area contributed by atoms with E-state index < -0.39 is 21.5 Å². The maximum absolute atomic E-state index is 13.1. The second kappa shape index (κ2) is 5.05. The Morgan fingerprint density at radius 3 is 2.21 bits per heavy atom. The normalized spacial score (nSPS) is 11.5. The van der Waals surface area contributed by atoms with Crippen molar-refractivity contribution in [3.63, 3.8) is 0 Å². The highest BCUT2D eigenvalue weighted by molar-refractivity contribution is 7.89. The molecule has 0 saturated heterocycles. The lowest BCUT2D eigenvalue weighted by Crippen LogP contribution is -2.01. The third-order valence-corrected chi connectivity index (χ3v) is 3.27. The molecule has 19 heavy (non-hydrogen) atoms. The summed E-state index contributed by atoms with van der Waals surface area (Å²) < 4.78 is 48.4. The molecule has 0 aliphatic carbocycles. The van der Waals surface area contributed by atoms with Crippen molar-refractivity contribution in [2.24, 2.45) is 0 Å². The molecule has 2 rings (SSSR count). The number of hydrogen-bond acceptors (Lipinski definition) is 3. The van der Waals surface area contributed by atoms with Gasteiger partial charge < -0.3 is 0 Å². The Morgan fingerprint density at radius 2 is 1.74 bits per heavy atom. The molecule has 1 heterocycles. The topological polar surface area (TPSA) is 47.0 Å². The molecule has 1 aromatic carbocycles. The minimum atomic E-state index is -3.13. The van der Waals surface area contributed by atoms with E-state index in [4.69, 9.17) is 0 Å². The molecule has 0 aliphatic heterocycles. The van der Waals surface area contributed by atoms with Crippen molar-refractivity contribution in [1.82, 2.24) is 4.98 Å². The van der Waals surface area contributed by atoms with E-state index in [-0.39, 0.29) is 5.75 Å². The van der Waals surface area contributed by atoms with Crippen LogP contribution in [0.1, 0.15) is 5.56 Å². The quantitative estimate of drug-likeness (QED) is 0.869. The predicted octanol–water partition coefficient (Wildman–Crippen LogP) is 2.57. The smallest absolute Gasteiger partial charge is 0.151 e. The molecule has 3 nitrogen and oxygen atoms in total. The Bertz CT molecular complexity index is 677. The van der Waals surface area contributed by atoms with Gasteiger partial charge in [-0.1, -0.05) is 6.07 Å². The minimum absolute atomic E-state index is 0.113. The van der Waals surface area contributed by atoms with E-state index in [0.717, 1.165) is 12.3 Å². The Kier molecular flexibility index (Phi) is 3.61. The SMILES string of the molecule is CS(=O)(=O)Cc1ccc(-c2cc(F)cc(F)c2)nc1. The number of hydrogen-bond donors (Lipinski definition) is 0. The van der Waals surface area contributed by atoms with Crippen LogP contribution in [0.4, 0.5) is 8.78 Å². The van der Waals surface area contributed by atoms with Crippen molar-refractivity contribution in [3.05, 3.63) is 53.7 Å². The first kappa shape index (κ1) is 13.6. The largest absolute Gasteiger partial charge is 0.256 e. The molecule has 0 bridgehead atoms. The van der Waals surface area contributed by atoms with Gasteiger partial charge in [-0.3, -0.25) is 4.98 Å². The second-order valence-electron chi connectivity index (χ2n) is 4.28. The summed E-state index contributed by atoms with van der Waals surface area (Å²) in [5.41, 5.74) is 1.22. The second-order valence-corrected chi connectivity index (χ2v) is 6.42. The van der Waals surface area contributed by atoms with Crippen LogP contribution in [-0.2, 0) is 15.6 Å². The van der Waals surface area contributed by atoms with E-state index in [1.54, 1.807) is 6.07 Å². The summed E-state index contributed by atoms with van der Waals surface area (Å²) in [5.74, 6) is -1.48. The van der Waals surface area contributed by atoms with Gasteiger partial charge in [0.15, 0.2) is 9.84 Å². The van der Waals surface area contributed by atoms with Gasteiger partial charge in [-0.25, -0.2) is 17.2 Å². The third kappa shape index (κ3) is 3.82. The fourth-order valence-corrected chi connectivity index (χ4v) is 2.46. The summed E-state index contributed by atoms with van der Waals surface area (Å²) in [6, 6.07) is 6.23. The van der Waals surface area contributed by atoms with Gasteiger partial charge in [0.05, 0.1) is 11.4 Å². The molecular weight excluding hydrogens is 272 g/mol. The predicted molar refractivity (Wildman–Crippen MR) is 68.1 cm³/mol. The molecular formula is C13H11F2NO2S. The van der Waals surface area contributed by atoms with Crippen molar-refractivity contribution in [2.45, 2.75) is 5.75 Å². The fourth-order valence-electron chi connectivity index (χ4n) is 1.69. The highest BCUT2D eigenvalue weighted by Crippen LogP contribution is 2.20. The highest BCUT2D eigenvalue weighted by Gasteiger charge is 2.07. The van der Waals surface area contributed by atoms with Crippen LogP contribution in [-0.4, -0.2) is 19.7 Å². The van der Waals surface area contributed by atoms with Crippen molar-refractivity contribution in [3.8, 4) is 11.3 Å². The van der Waals surface area contributed by atoms with Gasteiger partial charge in [-0.2, -0.15) is 0 Å². The Labute approximate surface area is 109 Å². The minimum Gasteiger partial charge on any atom is -0.256 e. The maximum Gasteiger partial charge on any atom is 0.151 e. The van der Waals surface area contributed by atoms with Crippen LogP contribution in [0.3, 0.4) is 0 Å². The van der Waals surface area contributed by atoms with Gasteiger partial charge in [0, 0.05) is 24.1 Å². The lowest BCUT2D eigenvalue weighted by molar-refractivity contribution is 0.584. The molecule has 0 radical (unpaired) electrons. The average molecular weight is 283 g/mol. The van der Waals surface area contributed by atoms with Gasteiger partial charge in [-0.15, -0.1) is 0 Å². The zero-order valence-corrected chi connectivity index (χ0v) is 10.9. The Hall–Kier alpha value is -1.82. The number of rotatable bonds is 3. The van der Waals surface area contributed by atoms with Crippen LogP contribution in [0.5, 0.6) is 0 Å². The van der Waals surface area contributed by atoms with Gasteiger partial charge in [0.1, 0.15) is 11.6 Å². The average Bonchev–Trinajstić information content (AvgIpc) is 2.26. The van der Waals surface area contributed by atoms with E-state index in [9.17, 15) is 17.2 Å². The molecule has 0 N–H and O–H groups in total. The van der Waals surface area contributed by atoms with Crippen LogP contribution in [0.25, 0.3) is 11.3 Å². The molecule has 1 aromatic heterocycles. The Morgan fingerprint density at radius 1 is 1.11 bits per heavy atom. The van der Waals surface area contributed by atoms with Crippen LogP contribution in [0.2, 0.25) is 0 Å². The molecule has 0 fully saturated rings. The maximum atomic E-state index is 13.1. The van der Waals surface area contributed by atoms with Crippen LogP contribution in [0, 0.1) is 11.6 Å². The molecule has 6 heteroatoms. The molecule has 0 amide bonds. The number of aromatic nitrogens is 1. The standard InChI is InChI=1S/C13H11F2NO2S/c1-19(17,18)8-9-2-3-13(16-7-9)10-4-11(14)6-12(15)5-10/h2-7H,8H2,1H3. The van der Waals surface area contributed by atoms with E-state index >= 15 is 0 Å². The first-order chi connectivity index (χ1) is 8.83. The molecule has 0 spiro atoms. The molecule has 0 saturated carbocycles. The monoisotopic (exact) mass is 283 g/mol. The molecule has 0 aliphatic rings. The first-order valence-electron chi connectivity index (χ1n) is 5.42. The molecule has 0 unspecified atom stereocenters. The van der Waals surface area contributed by atoms with Gasteiger partial charge in [0.2, 0.25) is 0 Å². The number of nitrogens with zero attached hydrogens (tertiary/aromatic N) is 1. The number of pyridine rings is 1.